The Morgan fingerprint density at radius 3 is 2.32 bits per heavy atom. The zero-order chi connectivity index (χ0) is 18.4. The van der Waals surface area contributed by atoms with Crippen molar-refractivity contribution in [2.24, 2.45) is 5.41 Å². The van der Waals surface area contributed by atoms with Crippen molar-refractivity contribution in [1.29, 1.82) is 0 Å². The lowest BCUT2D eigenvalue weighted by atomic mass is 9.96. The van der Waals surface area contributed by atoms with Gasteiger partial charge in [-0.05, 0) is 29.2 Å². The topological polar surface area (TPSA) is 60.9 Å². The van der Waals surface area contributed by atoms with Crippen molar-refractivity contribution < 1.29 is 13.2 Å². The summed E-state index contributed by atoms with van der Waals surface area (Å²) in [5.74, 6) is 0.000317. The molecular weight excluding hydrogens is 338 g/mol. The maximum atomic E-state index is 13.0. The smallest absolute Gasteiger partial charge is 0.243 e. The Balaban J connectivity index is 1.74. The van der Waals surface area contributed by atoms with Crippen molar-refractivity contribution in [3.8, 4) is 0 Å². The van der Waals surface area contributed by atoms with Crippen LogP contribution in [0.15, 0.2) is 23.1 Å². The first kappa shape index (κ1) is 18.4. The largest absolute Gasteiger partial charge is 0.315 e. The molecule has 0 radical (unpaired) electrons. The fourth-order valence-electron chi connectivity index (χ4n) is 3.55. The summed E-state index contributed by atoms with van der Waals surface area (Å²) in [6, 6.07) is 5.02. The van der Waals surface area contributed by atoms with Gasteiger partial charge in [-0.25, -0.2) is 8.42 Å². The third-order valence-corrected chi connectivity index (χ3v) is 6.69. The van der Waals surface area contributed by atoms with E-state index in [0.29, 0.717) is 18.0 Å². The third-order valence-electron chi connectivity index (χ3n) is 4.80. The maximum Gasteiger partial charge on any atom is 0.243 e. The zero-order valence-corrected chi connectivity index (χ0v) is 16.3. The predicted octanol–water partition coefficient (Wildman–Crippen LogP) is 1.56. The summed E-state index contributed by atoms with van der Waals surface area (Å²) in [5.41, 5.74) is 1.80. The van der Waals surface area contributed by atoms with Gasteiger partial charge in [0.2, 0.25) is 15.9 Å². The number of carbonyl (C=O) groups excluding carboxylic acids is 1. The summed E-state index contributed by atoms with van der Waals surface area (Å²) in [7, 11) is -1.79. The monoisotopic (exact) mass is 365 g/mol. The molecule has 0 saturated carbocycles. The van der Waals surface area contributed by atoms with Gasteiger partial charge < -0.3 is 9.80 Å². The molecule has 1 aromatic carbocycles. The fourth-order valence-corrected chi connectivity index (χ4v) is 5.03. The summed E-state index contributed by atoms with van der Waals surface area (Å²) in [5, 5.41) is 0. The molecule has 138 valence electrons. The van der Waals surface area contributed by atoms with Gasteiger partial charge in [0.1, 0.15) is 0 Å². The Bertz CT molecular complexity index is 775. The SMILES string of the molecule is CN1C(=O)Cc2cc(S(=O)(=O)N3CCN(CC(C)(C)C)CC3)ccc21. The van der Waals surface area contributed by atoms with Crippen molar-refractivity contribution in [3.63, 3.8) is 0 Å². The molecule has 0 N–H and O–H groups in total. The number of sulfonamides is 1. The van der Waals surface area contributed by atoms with Crippen molar-refractivity contribution >= 4 is 21.6 Å². The van der Waals surface area contributed by atoms with Crippen LogP contribution in [-0.4, -0.2) is 63.3 Å². The minimum Gasteiger partial charge on any atom is -0.315 e. The average Bonchev–Trinajstić information content (AvgIpc) is 2.80. The molecule has 0 unspecified atom stereocenters. The van der Waals surface area contributed by atoms with Crippen LogP contribution >= 0.6 is 0 Å². The first-order valence-electron chi connectivity index (χ1n) is 8.70. The summed E-state index contributed by atoms with van der Waals surface area (Å²) < 4.78 is 27.5. The van der Waals surface area contributed by atoms with Crippen LogP contribution in [0.25, 0.3) is 0 Å². The van der Waals surface area contributed by atoms with Gasteiger partial charge in [-0.15, -0.1) is 0 Å². The number of rotatable bonds is 3. The molecule has 0 aliphatic carbocycles. The Hall–Kier alpha value is -1.44. The number of amides is 1. The van der Waals surface area contributed by atoms with Gasteiger partial charge in [-0.2, -0.15) is 4.31 Å². The fraction of sp³-hybridized carbons (Fsp3) is 0.611. The van der Waals surface area contributed by atoms with Crippen molar-refractivity contribution in [1.82, 2.24) is 9.21 Å². The first-order valence-corrected chi connectivity index (χ1v) is 10.1. The molecule has 2 aliphatic rings. The summed E-state index contributed by atoms with van der Waals surface area (Å²) in [4.78, 5) is 16.0. The van der Waals surface area contributed by atoms with E-state index < -0.39 is 10.0 Å². The molecule has 0 bridgehead atoms. The first-order chi connectivity index (χ1) is 11.6. The zero-order valence-electron chi connectivity index (χ0n) is 15.4. The molecule has 3 rings (SSSR count). The number of hydrogen-bond donors (Lipinski definition) is 0. The second kappa shape index (κ2) is 6.37. The van der Waals surface area contributed by atoms with Crippen LogP contribution < -0.4 is 4.90 Å². The molecule has 25 heavy (non-hydrogen) atoms. The molecule has 2 aliphatic heterocycles. The standard InChI is InChI=1S/C18H27N3O3S/c1-18(2,3)13-20-7-9-21(10-8-20)25(23,24)15-5-6-16-14(11-15)12-17(22)19(16)4/h5-6,11H,7-10,12-13H2,1-4H3. The molecule has 0 aromatic heterocycles. The number of anilines is 1. The molecule has 1 aromatic rings. The number of piperazine rings is 1. The number of carbonyl (C=O) groups is 1. The van der Waals surface area contributed by atoms with Crippen LogP contribution in [0.1, 0.15) is 26.3 Å². The van der Waals surface area contributed by atoms with Gasteiger partial charge in [0.25, 0.3) is 0 Å². The second-order valence-electron chi connectivity index (χ2n) is 8.16. The van der Waals surface area contributed by atoms with Crippen LogP contribution in [0.2, 0.25) is 0 Å². The number of hydrogen-bond acceptors (Lipinski definition) is 4. The molecule has 1 saturated heterocycles. The van der Waals surface area contributed by atoms with Crippen molar-refractivity contribution in [3.05, 3.63) is 23.8 Å². The predicted molar refractivity (Wildman–Crippen MR) is 98.2 cm³/mol. The van der Waals surface area contributed by atoms with Crippen molar-refractivity contribution in [2.75, 3.05) is 44.7 Å². The van der Waals surface area contributed by atoms with Crippen LogP contribution in [0.3, 0.4) is 0 Å². The Labute approximate surface area is 150 Å². The Kier molecular flexibility index (Phi) is 4.68. The van der Waals surface area contributed by atoms with Crippen LogP contribution in [0.5, 0.6) is 0 Å². The lowest BCUT2D eigenvalue weighted by molar-refractivity contribution is -0.117. The van der Waals surface area contributed by atoms with Gasteiger partial charge >= 0.3 is 0 Å². The van der Waals surface area contributed by atoms with E-state index in [-0.39, 0.29) is 17.7 Å². The number of benzene rings is 1. The minimum atomic E-state index is -3.51. The minimum absolute atomic E-state index is 0.000317. The van der Waals surface area contributed by atoms with Gasteiger partial charge in [-0.1, -0.05) is 20.8 Å². The molecule has 1 amide bonds. The van der Waals surface area contributed by atoms with E-state index in [4.69, 9.17) is 0 Å². The molecule has 7 heteroatoms. The highest BCUT2D eigenvalue weighted by Gasteiger charge is 2.32. The lowest BCUT2D eigenvalue weighted by Crippen LogP contribution is -2.50. The van der Waals surface area contributed by atoms with Crippen LogP contribution in [0, 0.1) is 5.41 Å². The number of likely N-dealkylation sites (N-methyl/N-ethyl adjacent to an activating group) is 1. The quantitative estimate of drug-likeness (QED) is 0.816. The second-order valence-corrected chi connectivity index (χ2v) is 10.1. The van der Waals surface area contributed by atoms with Crippen LogP contribution in [-0.2, 0) is 21.2 Å². The maximum absolute atomic E-state index is 13.0. The van der Waals surface area contributed by atoms with Crippen molar-refractivity contribution in [2.45, 2.75) is 32.1 Å². The van der Waals surface area contributed by atoms with Gasteiger partial charge in [0.15, 0.2) is 0 Å². The molecular formula is C18H27N3O3S. The van der Waals surface area contributed by atoms with E-state index in [0.717, 1.165) is 30.9 Å². The van der Waals surface area contributed by atoms with E-state index in [1.54, 1.807) is 34.5 Å². The summed E-state index contributed by atoms with van der Waals surface area (Å²) >= 11 is 0. The Morgan fingerprint density at radius 2 is 1.72 bits per heavy atom. The molecule has 6 nitrogen and oxygen atoms in total. The van der Waals surface area contributed by atoms with E-state index in [1.165, 1.54) is 0 Å². The number of nitrogens with zero attached hydrogens (tertiary/aromatic N) is 3. The summed E-state index contributed by atoms with van der Waals surface area (Å²) in [6.07, 6.45) is 0.272. The molecule has 1 fully saturated rings. The molecule has 2 heterocycles. The normalized spacial score (nSPS) is 20.2. The van der Waals surface area contributed by atoms with E-state index in [1.807, 2.05) is 0 Å². The lowest BCUT2D eigenvalue weighted by Gasteiger charge is -2.37. The van der Waals surface area contributed by atoms with E-state index >= 15 is 0 Å². The highest BCUT2D eigenvalue weighted by Crippen LogP contribution is 2.31. The molecule has 0 atom stereocenters. The van der Waals surface area contributed by atoms with Gasteiger partial charge in [-0.3, -0.25) is 4.79 Å². The molecule has 0 spiro atoms. The third kappa shape index (κ3) is 3.73. The van der Waals surface area contributed by atoms with E-state index in [9.17, 15) is 13.2 Å². The average molecular weight is 365 g/mol. The van der Waals surface area contributed by atoms with E-state index in [2.05, 4.69) is 25.7 Å². The van der Waals surface area contributed by atoms with Gasteiger partial charge in [0, 0.05) is 45.5 Å². The highest BCUT2D eigenvalue weighted by atomic mass is 32.2. The highest BCUT2D eigenvalue weighted by molar-refractivity contribution is 7.89. The van der Waals surface area contributed by atoms with Gasteiger partial charge in [0.05, 0.1) is 11.3 Å². The van der Waals surface area contributed by atoms with Crippen LogP contribution in [0.4, 0.5) is 5.69 Å². The number of fused-ring (bicyclic) bond motifs is 1. The summed E-state index contributed by atoms with van der Waals surface area (Å²) in [6.45, 7) is 10.1. The Morgan fingerprint density at radius 1 is 1.08 bits per heavy atom.